The lowest BCUT2D eigenvalue weighted by molar-refractivity contribution is -0.368. The summed E-state index contributed by atoms with van der Waals surface area (Å²) in [7, 11) is 0. The quantitative estimate of drug-likeness (QED) is 0.0741. The van der Waals surface area contributed by atoms with Crippen LogP contribution in [-0.2, 0) is 0 Å². The second kappa shape index (κ2) is 72.3. The Balaban J connectivity index is -0.0000000551. The zero-order valence-corrected chi connectivity index (χ0v) is 31.2. The maximum absolute atomic E-state index is 3.80. The van der Waals surface area contributed by atoms with Crippen molar-refractivity contribution in [3.63, 3.8) is 0 Å². The molecule has 0 aromatic rings. The minimum Gasteiger partial charge on any atom is -1.00 e. The van der Waals surface area contributed by atoms with Crippen molar-refractivity contribution < 1.29 is 72.6 Å². The topological polar surface area (TPSA) is 111 Å². The second-order valence-corrected chi connectivity index (χ2v) is 10.5. The summed E-state index contributed by atoms with van der Waals surface area (Å²) in [4.78, 5) is 0. The molecule has 0 aliphatic rings. The van der Waals surface area contributed by atoms with Gasteiger partial charge in [0.05, 0.1) is 26.2 Å². The molecule has 0 radical (unpaired) electrons. The molecule has 0 unspecified atom stereocenters. The maximum Gasteiger partial charge on any atom is 0.0739 e. The third-order valence-electron chi connectivity index (χ3n) is 6.41. The van der Waals surface area contributed by atoms with Crippen molar-refractivity contribution in [2.45, 2.75) is 182 Å². The summed E-state index contributed by atoms with van der Waals surface area (Å²) in [5.41, 5.74) is 15.2. The SMILES string of the molecule is CCCCCCCC[NH3+].CCCCCCCC[NH3+].CCCCCCCC[NH3+].CCCCCCCC[NH3+].[Cl-].[Cl-].[Cl-].[Cl-]. The number of unbranched alkanes of at least 4 members (excludes halogenated alkanes) is 20. The average molecular weight is 663 g/mol. The third kappa shape index (κ3) is 90.1. The number of rotatable bonds is 24. The van der Waals surface area contributed by atoms with Gasteiger partial charge in [0.25, 0.3) is 0 Å². The standard InChI is InChI=1S/4C8H19N.4ClH/c4*1-2-3-4-5-6-7-8-9;;;;/h4*2-9H2,1H3;4*1H. The van der Waals surface area contributed by atoms with Crippen molar-refractivity contribution in [1.82, 2.24) is 0 Å². The van der Waals surface area contributed by atoms with Crippen molar-refractivity contribution >= 4 is 0 Å². The number of halogens is 4. The summed E-state index contributed by atoms with van der Waals surface area (Å²) in [5, 5.41) is 0. The van der Waals surface area contributed by atoms with Crippen LogP contribution in [-0.4, -0.2) is 26.2 Å². The van der Waals surface area contributed by atoms with Gasteiger partial charge in [0.1, 0.15) is 0 Å². The molecule has 0 amide bonds. The van der Waals surface area contributed by atoms with Crippen LogP contribution in [0.2, 0.25) is 0 Å². The lowest BCUT2D eigenvalue weighted by Gasteiger charge is -1.95. The van der Waals surface area contributed by atoms with Crippen LogP contribution in [0.4, 0.5) is 0 Å². The van der Waals surface area contributed by atoms with Crippen LogP contribution in [0.3, 0.4) is 0 Å². The summed E-state index contributed by atoms with van der Waals surface area (Å²) in [6, 6.07) is 0. The van der Waals surface area contributed by atoms with Crippen molar-refractivity contribution in [2.24, 2.45) is 0 Å². The molecule has 0 aliphatic carbocycles. The first-order valence-corrected chi connectivity index (χ1v) is 16.8. The monoisotopic (exact) mass is 661 g/mol. The number of hydrogen-bond donors (Lipinski definition) is 4. The van der Waals surface area contributed by atoms with Crippen molar-refractivity contribution in [2.75, 3.05) is 26.2 Å². The molecule has 0 rings (SSSR count). The van der Waals surface area contributed by atoms with Gasteiger partial charge >= 0.3 is 0 Å². The molecule has 0 saturated carbocycles. The Bertz CT molecular complexity index is 226. The highest BCUT2D eigenvalue weighted by Gasteiger charge is 1.89. The predicted molar refractivity (Wildman–Crippen MR) is 165 cm³/mol. The van der Waals surface area contributed by atoms with E-state index in [1.54, 1.807) is 0 Å². The van der Waals surface area contributed by atoms with E-state index in [-0.39, 0.29) is 49.6 Å². The molecule has 0 aromatic carbocycles. The molecule has 0 aromatic heterocycles. The van der Waals surface area contributed by atoms with E-state index in [1.165, 1.54) is 154 Å². The summed E-state index contributed by atoms with van der Waals surface area (Å²) in [5.74, 6) is 0. The number of hydrogen-bond acceptors (Lipinski definition) is 0. The van der Waals surface area contributed by atoms with E-state index in [2.05, 4.69) is 50.6 Å². The normalized spacial score (nSPS) is 9.00. The predicted octanol–water partition coefficient (Wildman–Crippen LogP) is -5.63. The van der Waals surface area contributed by atoms with Gasteiger partial charge in [-0.2, -0.15) is 0 Å². The molecule has 40 heavy (non-hydrogen) atoms. The molecule has 0 bridgehead atoms. The summed E-state index contributed by atoms with van der Waals surface area (Å²) in [6.07, 6.45) is 33.3. The van der Waals surface area contributed by atoms with Gasteiger partial charge in [-0.15, -0.1) is 0 Å². The molecule has 0 saturated heterocycles. The van der Waals surface area contributed by atoms with Gasteiger partial charge in [0.2, 0.25) is 0 Å². The fourth-order valence-electron chi connectivity index (χ4n) is 3.83. The molecule has 0 spiro atoms. The molecule has 4 nitrogen and oxygen atoms in total. The first-order chi connectivity index (χ1) is 17.7. The Morgan fingerprint density at radius 2 is 0.350 bits per heavy atom. The Labute approximate surface area is 279 Å². The highest BCUT2D eigenvalue weighted by Crippen LogP contribution is 2.05. The van der Waals surface area contributed by atoms with Crippen molar-refractivity contribution in [3.05, 3.63) is 0 Å². The fraction of sp³-hybridized carbons (Fsp3) is 1.00. The molecule has 8 heteroatoms. The van der Waals surface area contributed by atoms with Crippen molar-refractivity contribution in [1.29, 1.82) is 0 Å². The van der Waals surface area contributed by atoms with E-state index in [0.29, 0.717) is 0 Å². The molecule has 256 valence electrons. The molecule has 0 fully saturated rings. The molecule has 0 atom stereocenters. The summed E-state index contributed by atoms with van der Waals surface area (Å²) in [6.45, 7) is 13.5. The minimum atomic E-state index is 0. The molecular weight excluding hydrogens is 582 g/mol. The highest BCUT2D eigenvalue weighted by atomic mass is 35.5. The molecule has 0 heterocycles. The lowest BCUT2D eigenvalue weighted by Crippen LogP contribution is -3.00. The van der Waals surface area contributed by atoms with E-state index < -0.39 is 0 Å². The largest absolute Gasteiger partial charge is 1.00 e. The maximum atomic E-state index is 3.80. The van der Waals surface area contributed by atoms with Gasteiger partial charge < -0.3 is 72.6 Å². The van der Waals surface area contributed by atoms with Gasteiger partial charge in [-0.25, -0.2) is 0 Å². The Kier molecular flexibility index (Phi) is 109. The van der Waals surface area contributed by atoms with Gasteiger partial charge in [0, 0.05) is 0 Å². The second-order valence-electron chi connectivity index (χ2n) is 10.5. The van der Waals surface area contributed by atoms with Crippen LogP contribution < -0.4 is 72.6 Å². The van der Waals surface area contributed by atoms with Crippen LogP contribution in [0.1, 0.15) is 182 Å². The zero-order chi connectivity index (χ0) is 27.8. The van der Waals surface area contributed by atoms with Gasteiger partial charge in [-0.1, -0.05) is 130 Å². The zero-order valence-electron chi connectivity index (χ0n) is 28.1. The fourth-order valence-corrected chi connectivity index (χ4v) is 3.83. The lowest BCUT2D eigenvalue weighted by atomic mass is 10.1. The Hall–Kier alpha value is 1.00. The van der Waals surface area contributed by atoms with E-state index in [0.717, 1.165) is 26.2 Å². The number of quaternary nitrogens is 4. The first-order valence-electron chi connectivity index (χ1n) is 16.8. The van der Waals surface area contributed by atoms with Gasteiger partial charge in [-0.3, -0.25) is 0 Å². The van der Waals surface area contributed by atoms with E-state index in [1.807, 2.05) is 0 Å². The molecule has 0 aliphatic heterocycles. The first kappa shape index (κ1) is 60.2. The van der Waals surface area contributed by atoms with Gasteiger partial charge in [-0.05, 0) is 51.4 Å². The molecule has 12 N–H and O–H groups in total. The van der Waals surface area contributed by atoms with Crippen LogP contribution >= 0.6 is 0 Å². The smallest absolute Gasteiger partial charge is 0.0739 e. The summed E-state index contributed by atoms with van der Waals surface area (Å²) >= 11 is 0. The Morgan fingerprint density at radius 1 is 0.225 bits per heavy atom. The van der Waals surface area contributed by atoms with Crippen LogP contribution in [0, 0.1) is 0 Å². The third-order valence-corrected chi connectivity index (χ3v) is 6.41. The van der Waals surface area contributed by atoms with Crippen LogP contribution in [0.5, 0.6) is 0 Å². The Morgan fingerprint density at radius 3 is 0.475 bits per heavy atom. The molecular formula is C32H80Cl4N4. The van der Waals surface area contributed by atoms with Crippen LogP contribution in [0.15, 0.2) is 0 Å². The van der Waals surface area contributed by atoms with Gasteiger partial charge in [0.15, 0.2) is 0 Å². The van der Waals surface area contributed by atoms with E-state index in [9.17, 15) is 0 Å². The average Bonchev–Trinajstić information content (AvgIpc) is 2.90. The van der Waals surface area contributed by atoms with Crippen molar-refractivity contribution in [3.8, 4) is 0 Å². The van der Waals surface area contributed by atoms with E-state index in [4.69, 9.17) is 0 Å². The highest BCUT2D eigenvalue weighted by molar-refractivity contribution is 4.43. The minimum absolute atomic E-state index is 0. The summed E-state index contributed by atoms with van der Waals surface area (Å²) < 4.78 is 0. The van der Waals surface area contributed by atoms with Crippen LogP contribution in [0.25, 0.3) is 0 Å². The van der Waals surface area contributed by atoms with E-state index >= 15 is 0 Å².